The lowest BCUT2D eigenvalue weighted by Crippen LogP contribution is -2.23. The molecule has 4 heterocycles. The van der Waals surface area contributed by atoms with Crippen LogP contribution in [-0.4, -0.2) is 60.9 Å². The summed E-state index contributed by atoms with van der Waals surface area (Å²) in [5.74, 6) is 0. The van der Waals surface area contributed by atoms with Crippen molar-refractivity contribution in [2.45, 2.75) is 172 Å². The van der Waals surface area contributed by atoms with Gasteiger partial charge in [-0.3, -0.25) is 0 Å². The van der Waals surface area contributed by atoms with Crippen molar-refractivity contribution in [2.24, 2.45) is 21.7 Å². The van der Waals surface area contributed by atoms with E-state index in [0.29, 0.717) is 42.7 Å². The summed E-state index contributed by atoms with van der Waals surface area (Å²) in [5, 5.41) is 6.16. The van der Waals surface area contributed by atoms with Crippen molar-refractivity contribution >= 4 is 47.0 Å². The van der Waals surface area contributed by atoms with Crippen molar-refractivity contribution in [3.63, 3.8) is 0 Å². The number of hydrogen-bond acceptors (Lipinski definition) is 12. The second-order valence-electron chi connectivity index (χ2n) is 18.7. The molecule has 0 aliphatic heterocycles. The van der Waals surface area contributed by atoms with Crippen LogP contribution in [0.3, 0.4) is 0 Å². The van der Waals surface area contributed by atoms with E-state index in [4.69, 9.17) is 0 Å². The number of hydrogen-bond donors (Lipinski definition) is 0. The van der Waals surface area contributed by atoms with Gasteiger partial charge in [-0.15, -0.1) is 26.3 Å². The summed E-state index contributed by atoms with van der Waals surface area (Å²) in [6, 6.07) is 7.45. The number of aromatic nitrogens is 8. The molecule has 8 atom stereocenters. The average molecular weight is 937 g/mol. The van der Waals surface area contributed by atoms with Gasteiger partial charge in [0.1, 0.15) is 0 Å². The van der Waals surface area contributed by atoms with Gasteiger partial charge in [0.2, 0.25) is 0 Å². The maximum absolute atomic E-state index is 4.29. The van der Waals surface area contributed by atoms with Crippen LogP contribution in [0.1, 0.15) is 130 Å². The smallest absolute Gasteiger partial charge is 0.187 e. The lowest BCUT2D eigenvalue weighted by Gasteiger charge is -2.29. The van der Waals surface area contributed by atoms with Crippen LogP contribution in [0.5, 0.6) is 0 Å². The highest BCUT2D eigenvalue weighted by Gasteiger charge is 2.41. The molecule has 8 nitrogen and oxygen atoms in total. The van der Waals surface area contributed by atoms with Gasteiger partial charge < -0.3 is 0 Å². The number of thioether (sulfide) groups is 4. The molecule has 4 saturated carbocycles. The summed E-state index contributed by atoms with van der Waals surface area (Å²) in [6.45, 7) is 24.9. The fourth-order valence-electron chi connectivity index (χ4n) is 9.75. The quantitative estimate of drug-likeness (QED) is 0.0789. The van der Waals surface area contributed by atoms with Crippen LogP contribution in [0.15, 0.2) is 145 Å². The van der Waals surface area contributed by atoms with E-state index in [1.807, 2.05) is 145 Å². The van der Waals surface area contributed by atoms with Crippen molar-refractivity contribution in [1.82, 2.24) is 39.9 Å². The maximum Gasteiger partial charge on any atom is 0.187 e. The molecule has 64 heavy (non-hydrogen) atoms. The van der Waals surface area contributed by atoms with E-state index >= 15 is 0 Å². The Kier molecular flexibility index (Phi) is 21.1. The Balaban J connectivity index is 0.000000161. The molecule has 0 bridgehead atoms. The Labute approximate surface area is 402 Å². The van der Waals surface area contributed by atoms with E-state index in [1.165, 1.54) is 77.0 Å². The first-order chi connectivity index (χ1) is 31.0. The minimum atomic E-state index is 0.381. The highest BCUT2D eigenvalue weighted by molar-refractivity contribution is 8.00. The zero-order valence-electron chi connectivity index (χ0n) is 38.9. The van der Waals surface area contributed by atoms with Crippen molar-refractivity contribution in [3.05, 3.63) is 124 Å². The van der Waals surface area contributed by atoms with E-state index in [0.717, 1.165) is 46.3 Å². The van der Waals surface area contributed by atoms with Gasteiger partial charge >= 0.3 is 0 Å². The number of rotatable bonds is 16. The second-order valence-corrected chi connectivity index (χ2v) is 23.4. The number of nitrogens with zero attached hydrogens (tertiary/aromatic N) is 8. The number of allylic oxidation sites excluding steroid dienone is 4. The fraction of sp³-hybridized carbons (Fsp3) is 0.538. The van der Waals surface area contributed by atoms with Gasteiger partial charge in [0.05, 0.1) is 0 Å². The first kappa shape index (κ1) is 51.7. The Morgan fingerprint density at radius 1 is 0.391 bits per heavy atom. The van der Waals surface area contributed by atoms with Gasteiger partial charge in [0.25, 0.3) is 0 Å². The highest BCUT2D eigenvalue weighted by Crippen LogP contribution is 2.51. The third-order valence-corrected chi connectivity index (χ3v) is 19.6. The van der Waals surface area contributed by atoms with Crippen molar-refractivity contribution < 1.29 is 0 Å². The molecule has 0 radical (unpaired) electrons. The molecule has 0 spiro atoms. The predicted molar refractivity (Wildman–Crippen MR) is 274 cm³/mol. The van der Waals surface area contributed by atoms with Crippen LogP contribution in [0.2, 0.25) is 0 Å². The van der Waals surface area contributed by atoms with E-state index < -0.39 is 0 Å². The first-order valence-electron chi connectivity index (χ1n) is 23.2. The molecule has 4 aliphatic carbocycles. The minimum Gasteiger partial charge on any atom is -0.231 e. The molecule has 344 valence electrons. The van der Waals surface area contributed by atoms with Gasteiger partial charge in [0, 0.05) is 70.6 Å². The molecule has 12 heteroatoms. The van der Waals surface area contributed by atoms with Crippen LogP contribution >= 0.6 is 47.0 Å². The van der Waals surface area contributed by atoms with Crippen LogP contribution in [0, 0.1) is 21.7 Å². The lowest BCUT2D eigenvalue weighted by atomic mass is 9.85. The molecule has 0 saturated heterocycles. The topological polar surface area (TPSA) is 103 Å². The predicted octanol–water partition coefficient (Wildman–Crippen LogP) is 14.8. The summed E-state index contributed by atoms with van der Waals surface area (Å²) >= 11 is 7.31. The Morgan fingerprint density at radius 3 is 0.750 bits per heavy atom. The monoisotopic (exact) mass is 936 g/mol. The van der Waals surface area contributed by atoms with Gasteiger partial charge in [-0.2, -0.15) is 0 Å². The molecule has 0 amide bonds. The standard InChI is InChI=1S/4C13H18N2S/c4*1-3-7-13(2)8-4-6-11(13)16-12-14-9-5-10-15-12/h4*3,5,9-11H,1,4,6-8H2,2H3/t2*11-,13+;2*11-,13-/m1010/s1. The van der Waals surface area contributed by atoms with Gasteiger partial charge in [-0.1, -0.05) is 125 Å². The molecular formula is C52H72N8S4. The van der Waals surface area contributed by atoms with Crippen LogP contribution in [0.4, 0.5) is 0 Å². The normalized spacial score (nSPS) is 29.2. The zero-order valence-corrected chi connectivity index (χ0v) is 42.2. The molecule has 4 fully saturated rings. The average Bonchev–Trinajstić information content (AvgIpc) is 4.06. The molecule has 4 aromatic heterocycles. The molecular weight excluding hydrogens is 865 g/mol. The van der Waals surface area contributed by atoms with E-state index in [9.17, 15) is 0 Å². The fourth-order valence-corrected chi connectivity index (χ4v) is 14.9. The van der Waals surface area contributed by atoms with Gasteiger partial charge in [-0.25, -0.2) is 39.9 Å². The van der Waals surface area contributed by atoms with Crippen molar-refractivity contribution in [2.75, 3.05) is 0 Å². The van der Waals surface area contributed by atoms with Crippen molar-refractivity contribution in [1.29, 1.82) is 0 Å². The first-order valence-corrected chi connectivity index (χ1v) is 26.7. The van der Waals surface area contributed by atoms with Crippen LogP contribution in [-0.2, 0) is 0 Å². The zero-order chi connectivity index (χ0) is 45.7. The van der Waals surface area contributed by atoms with Gasteiger partial charge in [0.15, 0.2) is 20.6 Å². The summed E-state index contributed by atoms with van der Waals surface area (Å²) in [5.41, 5.74) is 1.52. The largest absolute Gasteiger partial charge is 0.231 e. The molecule has 0 N–H and O–H groups in total. The molecule has 4 aromatic rings. The Bertz CT molecular complexity index is 1690. The van der Waals surface area contributed by atoms with Crippen LogP contribution in [0.25, 0.3) is 0 Å². The SMILES string of the molecule is C=CC[C@@]1(C)CCC[C@@H]1Sc1ncccn1.C=CC[C@@]1(C)CCC[C@H]1Sc1ncccn1.C=CC[C@]1(C)CCC[C@@H]1Sc1ncccn1.C=CC[C@]1(C)CCC[C@H]1Sc1ncccn1. The van der Waals surface area contributed by atoms with Gasteiger partial charge in [-0.05, 0) is 123 Å². The third kappa shape index (κ3) is 15.4. The third-order valence-electron chi connectivity index (χ3n) is 13.6. The van der Waals surface area contributed by atoms with E-state index in [2.05, 4.69) is 93.9 Å². The maximum atomic E-state index is 4.29. The summed E-state index contributed by atoms with van der Waals surface area (Å²) in [7, 11) is 0. The van der Waals surface area contributed by atoms with Crippen molar-refractivity contribution in [3.8, 4) is 0 Å². The minimum absolute atomic E-state index is 0.381. The lowest BCUT2D eigenvalue weighted by molar-refractivity contribution is 0.352. The molecule has 0 aromatic carbocycles. The van der Waals surface area contributed by atoms with E-state index in [-0.39, 0.29) is 0 Å². The molecule has 4 aliphatic rings. The highest BCUT2D eigenvalue weighted by atomic mass is 32.2. The molecule has 8 rings (SSSR count). The van der Waals surface area contributed by atoms with E-state index in [1.54, 1.807) is 0 Å². The summed E-state index contributed by atoms with van der Waals surface area (Å²) in [4.78, 5) is 34.4. The Morgan fingerprint density at radius 2 is 0.578 bits per heavy atom. The second kappa shape index (κ2) is 26.1. The summed E-state index contributed by atoms with van der Waals surface area (Å²) in [6.07, 6.45) is 42.6. The van der Waals surface area contributed by atoms with Crippen LogP contribution < -0.4 is 0 Å². The summed E-state index contributed by atoms with van der Waals surface area (Å²) < 4.78 is 0. The molecule has 0 unspecified atom stereocenters. The Hall–Kier alpha value is -3.32.